The number of rotatable bonds is 3. The van der Waals surface area contributed by atoms with E-state index in [0.717, 1.165) is 27.9 Å². The maximum atomic E-state index is 7.01. The van der Waals surface area contributed by atoms with Gasteiger partial charge in [0.1, 0.15) is 5.76 Å². The predicted octanol–water partition coefficient (Wildman–Crippen LogP) is 12.1. The first-order valence-electron chi connectivity index (χ1n) is 14.3. The highest BCUT2D eigenvalue weighted by atomic mass is 32.1. The molecular weight excluding hydrogens is 529 g/mol. The molecule has 0 amide bonds. The van der Waals surface area contributed by atoms with Crippen LogP contribution in [0.2, 0.25) is 0 Å². The highest BCUT2D eigenvalue weighted by Crippen LogP contribution is 2.51. The van der Waals surface area contributed by atoms with Crippen molar-refractivity contribution in [2.45, 2.75) is 0 Å². The van der Waals surface area contributed by atoms with E-state index in [1.165, 1.54) is 58.4 Å². The van der Waals surface area contributed by atoms with E-state index in [1.54, 1.807) is 0 Å². The smallest absolute Gasteiger partial charge is 0.153 e. The third-order valence-corrected chi connectivity index (χ3v) is 9.67. The van der Waals surface area contributed by atoms with Crippen molar-refractivity contribution < 1.29 is 4.42 Å². The first kappa shape index (κ1) is 23.5. The summed E-state index contributed by atoms with van der Waals surface area (Å²) in [6.45, 7) is 0. The van der Waals surface area contributed by atoms with E-state index in [9.17, 15) is 0 Å². The molecule has 2 aromatic heterocycles. The topological polar surface area (TPSA) is 13.1 Å². The number of thiophene rings is 1. The Bertz CT molecular complexity index is 2390. The third-order valence-electron chi connectivity index (χ3n) is 8.48. The number of fused-ring (bicyclic) bond motifs is 7. The molecule has 196 valence electrons. The Morgan fingerprint density at radius 1 is 0.357 bits per heavy atom. The molecule has 1 nitrogen and oxygen atoms in total. The lowest BCUT2D eigenvalue weighted by atomic mass is 9.84. The molecule has 0 saturated carbocycles. The minimum absolute atomic E-state index is 0.915. The van der Waals surface area contributed by atoms with E-state index in [-0.39, 0.29) is 0 Å². The van der Waals surface area contributed by atoms with Crippen molar-refractivity contribution in [2.24, 2.45) is 0 Å². The molecule has 0 atom stereocenters. The van der Waals surface area contributed by atoms with Gasteiger partial charge in [-0.1, -0.05) is 133 Å². The second-order valence-corrected chi connectivity index (χ2v) is 11.8. The number of hydrogen-bond donors (Lipinski definition) is 0. The molecule has 2 heterocycles. The van der Waals surface area contributed by atoms with Crippen molar-refractivity contribution in [2.75, 3.05) is 0 Å². The van der Waals surface area contributed by atoms with Crippen LogP contribution in [0.5, 0.6) is 0 Å². The van der Waals surface area contributed by atoms with E-state index >= 15 is 0 Å². The summed E-state index contributed by atoms with van der Waals surface area (Å²) < 4.78 is 9.49. The van der Waals surface area contributed by atoms with Crippen molar-refractivity contribution in [3.8, 4) is 33.6 Å². The van der Waals surface area contributed by atoms with E-state index in [4.69, 9.17) is 4.42 Å². The summed E-state index contributed by atoms with van der Waals surface area (Å²) >= 11 is 1.82. The lowest BCUT2D eigenvalue weighted by Crippen LogP contribution is -1.91. The van der Waals surface area contributed by atoms with Gasteiger partial charge in [-0.15, -0.1) is 11.3 Å². The summed E-state index contributed by atoms with van der Waals surface area (Å²) in [6, 6.07) is 52.2. The Morgan fingerprint density at radius 3 is 1.50 bits per heavy atom. The molecular formula is C40H24OS. The zero-order valence-electron chi connectivity index (χ0n) is 22.7. The van der Waals surface area contributed by atoms with Gasteiger partial charge < -0.3 is 4.42 Å². The van der Waals surface area contributed by atoms with Gasteiger partial charge in [-0.3, -0.25) is 0 Å². The van der Waals surface area contributed by atoms with Crippen LogP contribution in [0.3, 0.4) is 0 Å². The molecule has 42 heavy (non-hydrogen) atoms. The molecule has 0 fully saturated rings. The average Bonchev–Trinajstić information content (AvgIpc) is 3.63. The van der Waals surface area contributed by atoms with Crippen molar-refractivity contribution >= 4 is 64.0 Å². The summed E-state index contributed by atoms with van der Waals surface area (Å²) in [5.74, 6) is 0.915. The first-order chi connectivity index (χ1) is 20.9. The zero-order valence-corrected chi connectivity index (χ0v) is 23.5. The fourth-order valence-electron chi connectivity index (χ4n) is 6.69. The highest BCUT2D eigenvalue weighted by molar-refractivity contribution is 7.26. The SMILES string of the molecule is c1ccc(-c2oc3c(ccc4c5ccccc5sc43)c2-c2c3ccccc3c(-c3ccccc3)c3ccccc23)cc1. The van der Waals surface area contributed by atoms with Gasteiger partial charge in [0, 0.05) is 37.5 Å². The van der Waals surface area contributed by atoms with Gasteiger partial charge in [0.2, 0.25) is 0 Å². The van der Waals surface area contributed by atoms with E-state index in [1.807, 2.05) is 11.3 Å². The number of hydrogen-bond acceptors (Lipinski definition) is 2. The fraction of sp³-hybridized carbons (Fsp3) is 0. The van der Waals surface area contributed by atoms with Crippen LogP contribution < -0.4 is 0 Å². The molecule has 0 unspecified atom stereocenters. The monoisotopic (exact) mass is 552 g/mol. The second-order valence-electron chi connectivity index (χ2n) is 10.8. The summed E-state index contributed by atoms with van der Waals surface area (Å²) in [5.41, 5.74) is 6.91. The Labute approximate surface area is 246 Å². The second kappa shape index (κ2) is 9.17. The molecule has 9 aromatic rings. The van der Waals surface area contributed by atoms with Crippen LogP contribution >= 0.6 is 11.3 Å². The molecule has 0 aliphatic heterocycles. The average molecular weight is 553 g/mol. The van der Waals surface area contributed by atoms with Crippen molar-refractivity contribution in [3.05, 3.63) is 146 Å². The van der Waals surface area contributed by atoms with Crippen LogP contribution in [-0.2, 0) is 0 Å². The molecule has 0 aliphatic carbocycles. The Morgan fingerprint density at radius 2 is 0.857 bits per heavy atom. The van der Waals surface area contributed by atoms with Gasteiger partial charge in [0.05, 0.1) is 4.70 Å². The molecule has 0 aliphatic rings. The summed E-state index contributed by atoms with van der Waals surface area (Å²) in [6.07, 6.45) is 0. The Kier molecular flexibility index (Phi) is 5.13. The largest absolute Gasteiger partial charge is 0.454 e. The Balaban J connectivity index is 1.49. The van der Waals surface area contributed by atoms with Crippen molar-refractivity contribution in [1.29, 1.82) is 0 Å². The lowest BCUT2D eigenvalue weighted by molar-refractivity contribution is 0.636. The number of benzene rings is 7. The van der Waals surface area contributed by atoms with Crippen molar-refractivity contribution in [3.63, 3.8) is 0 Å². The van der Waals surface area contributed by atoms with Gasteiger partial charge in [-0.05, 0) is 44.8 Å². The zero-order chi connectivity index (χ0) is 27.6. The van der Waals surface area contributed by atoms with E-state index in [0.29, 0.717) is 0 Å². The van der Waals surface area contributed by atoms with Crippen LogP contribution in [0, 0.1) is 0 Å². The quantitative estimate of drug-likeness (QED) is 0.199. The normalized spacial score (nSPS) is 11.8. The molecule has 0 bridgehead atoms. The Hall–Kier alpha value is -5.18. The van der Waals surface area contributed by atoms with Crippen LogP contribution in [0.25, 0.3) is 86.3 Å². The van der Waals surface area contributed by atoms with Gasteiger partial charge >= 0.3 is 0 Å². The van der Waals surface area contributed by atoms with Gasteiger partial charge in [0.25, 0.3) is 0 Å². The molecule has 7 aromatic carbocycles. The van der Waals surface area contributed by atoms with Crippen LogP contribution in [0.15, 0.2) is 150 Å². The van der Waals surface area contributed by atoms with Crippen LogP contribution in [-0.4, -0.2) is 0 Å². The molecule has 0 N–H and O–H groups in total. The first-order valence-corrected chi connectivity index (χ1v) is 15.1. The minimum Gasteiger partial charge on any atom is -0.454 e. The maximum absolute atomic E-state index is 7.01. The van der Waals surface area contributed by atoms with E-state index < -0.39 is 0 Å². The van der Waals surface area contributed by atoms with Crippen molar-refractivity contribution in [1.82, 2.24) is 0 Å². The molecule has 0 radical (unpaired) electrons. The lowest BCUT2D eigenvalue weighted by Gasteiger charge is -2.18. The summed E-state index contributed by atoms with van der Waals surface area (Å²) in [7, 11) is 0. The molecule has 9 rings (SSSR count). The third kappa shape index (κ3) is 3.36. The minimum atomic E-state index is 0.915. The summed E-state index contributed by atoms with van der Waals surface area (Å²) in [5, 5.41) is 8.62. The van der Waals surface area contributed by atoms with Crippen LogP contribution in [0.4, 0.5) is 0 Å². The van der Waals surface area contributed by atoms with Gasteiger partial charge in [0.15, 0.2) is 5.58 Å². The van der Waals surface area contributed by atoms with Crippen LogP contribution in [0.1, 0.15) is 0 Å². The molecule has 0 saturated heterocycles. The maximum Gasteiger partial charge on any atom is 0.153 e. The highest BCUT2D eigenvalue weighted by Gasteiger charge is 2.25. The predicted molar refractivity (Wildman–Crippen MR) is 180 cm³/mol. The molecule has 0 spiro atoms. The fourth-order valence-corrected chi connectivity index (χ4v) is 7.88. The molecule has 2 heteroatoms. The summed E-state index contributed by atoms with van der Waals surface area (Å²) in [4.78, 5) is 0. The number of furan rings is 1. The van der Waals surface area contributed by atoms with E-state index in [2.05, 4.69) is 146 Å². The standard InChI is InChI=1S/C40H24OS/c1-3-13-25(14-4-1)35-28-18-7-9-20-30(28)36(31-21-10-8-19-29(31)35)37-33-24-23-32-27-17-11-12-22-34(27)42-40(32)39(33)41-38(37)26-15-5-2-6-16-26/h1-24H. The van der Waals surface area contributed by atoms with Gasteiger partial charge in [-0.2, -0.15) is 0 Å². The van der Waals surface area contributed by atoms with Gasteiger partial charge in [-0.25, -0.2) is 0 Å².